The third-order valence-electron chi connectivity index (χ3n) is 3.36. The second-order valence-corrected chi connectivity index (χ2v) is 5.77. The third kappa shape index (κ3) is 2.94. The molecule has 0 saturated heterocycles. The van der Waals surface area contributed by atoms with E-state index in [-0.39, 0.29) is 5.91 Å². The number of nitrogens with one attached hydrogen (secondary N) is 1. The summed E-state index contributed by atoms with van der Waals surface area (Å²) in [5, 5.41) is 7.19. The van der Waals surface area contributed by atoms with Crippen LogP contribution in [0.15, 0.2) is 65.3 Å². The SMILES string of the molecule is Cc1c(C(=O)Nc2ccccc2)cnn1-c1ccc(Br)cc1. The Morgan fingerprint density at radius 2 is 1.77 bits per heavy atom. The molecule has 2 aromatic carbocycles. The Hall–Kier alpha value is -2.40. The fraction of sp³-hybridized carbons (Fsp3) is 0.0588. The highest BCUT2D eigenvalue weighted by molar-refractivity contribution is 9.10. The van der Waals surface area contributed by atoms with Crippen molar-refractivity contribution in [3.63, 3.8) is 0 Å². The number of aromatic nitrogens is 2. The van der Waals surface area contributed by atoms with Crippen LogP contribution in [-0.4, -0.2) is 15.7 Å². The molecule has 0 spiro atoms. The first-order valence-corrected chi connectivity index (χ1v) is 7.61. The monoisotopic (exact) mass is 355 g/mol. The van der Waals surface area contributed by atoms with Gasteiger partial charge in [-0.05, 0) is 43.3 Å². The van der Waals surface area contributed by atoms with Crippen molar-refractivity contribution in [2.45, 2.75) is 6.92 Å². The highest BCUT2D eigenvalue weighted by atomic mass is 79.9. The van der Waals surface area contributed by atoms with Crippen molar-refractivity contribution in [1.82, 2.24) is 9.78 Å². The van der Waals surface area contributed by atoms with Crippen molar-refractivity contribution in [2.75, 3.05) is 5.32 Å². The molecule has 0 aliphatic rings. The number of anilines is 1. The summed E-state index contributed by atoms with van der Waals surface area (Å²) < 4.78 is 2.76. The van der Waals surface area contributed by atoms with E-state index in [1.807, 2.05) is 61.5 Å². The predicted octanol–water partition coefficient (Wildman–Crippen LogP) is 4.20. The van der Waals surface area contributed by atoms with Gasteiger partial charge in [-0.2, -0.15) is 5.10 Å². The summed E-state index contributed by atoms with van der Waals surface area (Å²) >= 11 is 3.41. The molecule has 0 aliphatic heterocycles. The molecule has 0 saturated carbocycles. The van der Waals surface area contributed by atoms with Gasteiger partial charge in [0.15, 0.2) is 0 Å². The van der Waals surface area contributed by atoms with E-state index in [0.29, 0.717) is 5.56 Å². The van der Waals surface area contributed by atoms with Crippen LogP contribution in [0, 0.1) is 6.92 Å². The van der Waals surface area contributed by atoms with Crippen LogP contribution in [0.4, 0.5) is 5.69 Å². The summed E-state index contributed by atoms with van der Waals surface area (Å²) in [7, 11) is 0. The van der Waals surface area contributed by atoms with E-state index in [9.17, 15) is 4.79 Å². The quantitative estimate of drug-likeness (QED) is 0.765. The van der Waals surface area contributed by atoms with E-state index in [1.165, 1.54) is 0 Å². The Morgan fingerprint density at radius 1 is 1.09 bits per heavy atom. The molecule has 4 nitrogen and oxygen atoms in total. The Bertz CT molecular complexity index is 795. The van der Waals surface area contributed by atoms with Gasteiger partial charge >= 0.3 is 0 Å². The molecule has 3 rings (SSSR count). The first-order chi connectivity index (χ1) is 10.6. The van der Waals surface area contributed by atoms with Crippen molar-refractivity contribution in [1.29, 1.82) is 0 Å². The molecule has 22 heavy (non-hydrogen) atoms. The van der Waals surface area contributed by atoms with Gasteiger partial charge in [-0.3, -0.25) is 4.79 Å². The number of benzene rings is 2. The highest BCUT2D eigenvalue weighted by Gasteiger charge is 2.15. The molecule has 1 N–H and O–H groups in total. The van der Waals surface area contributed by atoms with Crippen LogP contribution in [0.5, 0.6) is 0 Å². The van der Waals surface area contributed by atoms with Crippen molar-refractivity contribution in [3.8, 4) is 5.69 Å². The molecule has 0 atom stereocenters. The van der Waals surface area contributed by atoms with Gasteiger partial charge in [0, 0.05) is 10.2 Å². The maximum Gasteiger partial charge on any atom is 0.259 e. The van der Waals surface area contributed by atoms with E-state index < -0.39 is 0 Å². The van der Waals surface area contributed by atoms with Crippen molar-refractivity contribution in [2.24, 2.45) is 0 Å². The van der Waals surface area contributed by atoms with Gasteiger partial charge in [0.25, 0.3) is 5.91 Å². The second kappa shape index (κ2) is 6.15. The van der Waals surface area contributed by atoms with E-state index in [0.717, 1.165) is 21.5 Å². The molecular weight excluding hydrogens is 342 g/mol. The van der Waals surface area contributed by atoms with Gasteiger partial charge in [-0.25, -0.2) is 4.68 Å². The number of carbonyl (C=O) groups excluding carboxylic acids is 1. The van der Waals surface area contributed by atoms with Crippen LogP contribution in [0.3, 0.4) is 0 Å². The summed E-state index contributed by atoms with van der Waals surface area (Å²) in [6.07, 6.45) is 1.59. The highest BCUT2D eigenvalue weighted by Crippen LogP contribution is 2.18. The van der Waals surface area contributed by atoms with Gasteiger partial charge in [0.05, 0.1) is 23.1 Å². The minimum atomic E-state index is -0.160. The molecule has 3 aromatic rings. The number of para-hydroxylation sites is 1. The zero-order valence-electron chi connectivity index (χ0n) is 12.0. The number of amides is 1. The Balaban J connectivity index is 1.87. The fourth-order valence-electron chi connectivity index (χ4n) is 2.20. The largest absolute Gasteiger partial charge is 0.322 e. The average Bonchev–Trinajstić information content (AvgIpc) is 2.91. The average molecular weight is 356 g/mol. The van der Waals surface area contributed by atoms with Gasteiger partial charge in [-0.1, -0.05) is 34.1 Å². The third-order valence-corrected chi connectivity index (χ3v) is 3.89. The smallest absolute Gasteiger partial charge is 0.259 e. The second-order valence-electron chi connectivity index (χ2n) is 4.85. The molecule has 0 bridgehead atoms. The minimum Gasteiger partial charge on any atom is -0.322 e. The van der Waals surface area contributed by atoms with E-state index in [2.05, 4.69) is 26.3 Å². The molecule has 0 unspecified atom stereocenters. The lowest BCUT2D eigenvalue weighted by Gasteiger charge is -2.06. The van der Waals surface area contributed by atoms with Crippen LogP contribution in [0.1, 0.15) is 16.1 Å². The molecule has 110 valence electrons. The molecule has 1 amide bonds. The van der Waals surface area contributed by atoms with Crippen LogP contribution < -0.4 is 5.32 Å². The minimum absolute atomic E-state index is 0.160. The lowest BCUT2D eigenvalue weighted by atomic mass is 10.2. The zero-order chi connectivity index (χ0) is 15.5. The zero-order valence-corrected chi connectivity index (χ0v) is 13.5. The summed E-state index contributed by atoms with van der Waals surface area (Å²) in [5.74, 6) is -0.160. The van der Waals surface area contributed by atoms with Gasteiger partial charge in [0.2, 0.25) is 0 Å². The van der Waals surface area contributed by atoms with Gasteiger partial charge < -0.3 is 5.32 Å². The molecule has 1 heterocycles. The summed E-state index contributed by atoms with van der Waals surface area (Å²) in [4.78, 5) is 12.4. The maximum atomic E-state index is 12.4. The Morgan fingerprint density at radius 3 is 2.45 bits per heavy atom. The molecular formula is C17H14BrN3O. The standard InChI is InChI=1S/C17H14BrN3O/c1-12-16(17(22)20-14-5-3-2-4-6-14)11-19-21(12)15-9-7-13(18)8-10-15/h2-11H,1H3,(H,20,22). The summed E-state index contributed by atoms with van der Waals surface area (Å²) in [5.41, 5.74) is 3.05. The van der Waals surface area contributed by atoms with E-state index in [4.69, 9.17) is 0 Å². The van der Waals surface area contributed by atoms with Crippen LogP contribution in [0.2, 0.25) is 0 Å². The molecule has 0 fully saturated rings. The van der Waals surface area contributed by atoms with Crippen molar-refractivity contribution < 1.29 is 4.79 Å². The molecule has 0 radical (unpaired) electrons. The number of rotatable bonds is 3. The topological polar surface area (TPSA) is 46.9 Å². The van der Waals surface area contributed by atoms with Gasteiger partial charge in [0.1, 0.15) is 0 Å². The molecule has 0 aliphatic carbocycles. The number of nitrogens with zero attached hydrogens (tertiary/aromatic N) is 2. The van der Waals surface area contributed by atoms with E-state index in [1.54, 1.807) is 10.9 Å². The van der Waals surface area contributed by atoms with E-state index >= 15 is 0 Å². The normalized spacial score (nSPS) is 10.5. The van der Waals surface area contributed by atoms with Crippen LogP contribution in [-0.2, 0) is 0 Å². The van der Waals surface area contributed by atoms with Crippen LogP contribution in [0.25, 0.3) is 5.69 Å². The number of carbonyl (C=O) groups is 1. The first kappa shape index (κ1) is 14.5. The van der Waals surface area contributed by atoms with Gasteiger partial charge in [-0.15, -0.1) is 0 Å². The maximum absolute atomic E-state index is 12.4. The number of hydrogen-bond acceptors (Lipinski definition) is 2. The Kier molecular flexibility index (Phi) is 4.06. The van der Waals surface area contributed by atoms with Crippen molar-refractivity contribution in [3.05, 3.63) is 76.5 Å². The number of hydrogen-bond donors (Lipinski definition) is 1. The Labute approximate surface area is 136 Å². The fourth-order valence-corrected chi connectivity index (χ4v) is 2.46. The predicted molar refractivity (Wildman–Crippen MR) is 90.4 cm³/mol. The summed E-state index contributed by atoms with van der Waals surface area (Å²) in [6, 6.07) is 17.2. The molecule has 5 heteroatoms. The van der Waals surface area contributed by atoms with Crippen LogP contribution >= 0.6 is 15.9 Å². The van der Waals surface area contributed by atoms with Crippen molar-refractivity contribution >= 4 is 27.5 Å². The lowest BCUT2D eigenvalue weighted by Crippen LogP contribution is -2.13. The number of halogens is 1. The summed E-state index contributed by atoms with van der Waals surface area (Å²) in [6.45, 7) is 1.88. The lowest BCUT2D eigenvalue weighted by molar-refractivity contribution is 0.102. The first-order valence-electron chi connectivity index (χ1n) is 6.82. The molecule has 1 aromatic heterocycles.